The summed E-state index contributed by atoms with van der Waals surface area (Å²) in [7, 11) is 1.47. The lowest BCUT2D eigenvalue weighted by molar-refractivity contribution is -0.133. The summed E-state index contributed by atoms with van der Waals surface area (Å²) in [6.07, 6.45) is 3.26. The van der Waals surface area contributed by atoms with Crippen molar-refractivity contribution in [2.75, 3.05) is 7.05 Å². The molecule has 0 bridgehead atoms. The minimum Gasteiger partial charge on any atom is -0.444 e. The van der Waals surface area contributed by atoms with E-state index in [9.17, 15) is 29.1 Å². The number of benzene rings is 1. The largest absolute Gasteiger partial charge is 0.444 e. The smallest absolute Gasteiger partial charge is 0.410 e. The summed E-state index contributed by atoms with van der Waals surface area (Å²) in [6.45, 7) is 13.0. The summed E-state index contributed by atoms with van der Waals surface area (Å²) < 4.78 is 5.57. The number of rotatable bonds is 20. The minimum absolute atomic E-state index is 0.00151. The van der Waals surface area contributed by atoms with Gasteiger partial charge in [0.25, 0.3) is 0 Å². The fourth-order valence-electron chi connectivity index (χ4n) is 5.96. The van der Waals surface area contributed by atoms with Gasteiger partial charge in [-0.05, 0) is 56.7 Å². The Balaban J connectivity index is 1.80. The number of carbonyl (C=O) groups excluding carboxylic acids is 5. The quantitative estimate of drug-likeness (QED) is 0.0993. The number of aromatic amines is 1. The number of hydrogen-bond donors (Lipinski definition) is 6. The third-order valence-corrected chi connectivity index (χ3v) is 9.23. The second-order valence-corrected chi connectivity index (χ2v) is 15.6. The van der Waals surface area contributed by atoms with Gasteiger partial charge in [0, 0.05) is 38.0 Å². The summed E-state index contributed by atoms with van der Waals surface area (Å²) in [5.74, 6) is -2.35. The van der Waals surface area contributed by atoms with E-state index in [1.165, 1.54) is 24.5 Å². The molecular formula is C41H60N8O7. The first-order valence-electron chi connectivity index (χ1n) is 19.2. The van der Waals surface area contributed by atoms with Crippen LogP contribution < -0.4 is 21.3 Å². The molecule has 5 amide bonds. The van der Waals surface area contributed by atoms with Gasteiger partial charge >= 0.3 is 6.09 Å². The van der Waals surface area contributed by atoms with E-state index in [0.29, 0.717) is 24.2 Å². The highest BCUT2D eigenvalue weighted by Gasteiger charge is 2.35. The van der Waals surface area contributed by atoms with Crippen LogP contribution in [0.1, 0.15) is 84.7 Å². The maximum Gasteiger partial charge on any atom is 0.410 e. The molecule has 0 unspecified atom stereocenters. The number of nitrogens with zero attached hydrogens (tertiary/aromatic N) is 3. The molecule has 6 atom stereocenters. The Bertz CT molecular complexity index is 1680. The molecule has 2 aromatic heterocycles. The second kappa shape index (κ2) is 21.7. The zero-order valence-corrected chi connectivity index (χ0v) is 33.9. The number of likely N-dealkylation sites (N-methyl/N-ethyl adjacent to an activating group) is 1. The van der Waals surface area contributed by atoms with Crippen molar-refractivity contribution in [1.82, 2.24) is 41.1 Å². The molecule has 0 saturated heterocycles. The van der Waals surface area contributed by atoms with Crippen molar-refractivity contribution in [3.63, 3.8) is 0 Å². The average Bonchev–Trinajstić information content (AvgIpc) is 3.67. The van der Waals surface area contributed by atoms with Crippen LogP contribution in [0.2, 0.25) is 0 Å². The van der Waals surface area contributed by atoms with Crippen LogP contribution in [-0.4, -0.2) is 97.6 Å². The number of pyridine rings is 1. The molecule has 15 nitrogen and oxygen atoms in total. The van der Waals surface area contributed by atoms with Gasteiger partial charge in [-0.2, -0.15) is 0 Å². The Kier molecular flexibility index (Phi) is 17.5. The van der Waals surface area contributed by atoms with Gasteiger partial charge in [0.1, 0.15) is 23.7 Å². The molecule has 56 heavy (non-hydrogen) atoms. The van der Waals surface area contributed by atoms with Crippen molar-refractivity contribution in [3.8, 4) is 0 Å². The summed E-state index contributed by atoms with van der Waals surface area (Å²) in [6, 6.07) is 10.6. The van der Waals surface area contributed by atoms with Gasteiger partial charge in [0.05, 0.1) is 37.1 Å². The molecule has 306 valence electrons. The van der Waals surface area contributed by atoms with Gasteiger partial charge in [-0.25, -0.2) is 9.78 Å². The summed E-state index contributed by atoms with van der Waals surface area (Å²) in [5.41, 5.74) is 1.20. The van der Waals surface area contributed by atoms with Crippen molar-refractivity contribution < 1.29 is 33.8 Å². The van der Waals surface area contributed by atoms with E-state index in [-0.39, 0.29) is 37.1 Å². The summed E-state index contributed by atoms with van der Waals surface area (Å²) >= 11 is 0. The zero-order valence-electron chi connectivity index (χ0n) is 33.9. The van der Waals surface area contributed by atoms with Gasteiger partial charge in [-0.15, -0.1) is 0 Å². The Morgan fingerprint density at radius 3 is 2.20 bits per heavy atom. The van der Waals surface area contributed by atoms with E-state index in [4.69, 9.17) is 4.74 Å². The van der Waals surface area contributed by atoms with Crippen molar-refractivity contribution in [1.29, 1.82) is 0 Å². The molecule has 0 radical (unpaired) electrons. The first kappa shape index (κ1) is 45.1. The topological polar surface area (TPSA) is 208 Å². The van der Waals surface area contributed by atoms with Crippen LogP contribution in [0.4, 0.5) is 4.79 Å². The van der Waals surface area contributed by atoms with E-state index >= 15 is 0 Å². The van der Waals surface area contributed by atoms with Gasteiger partial charge in [-0.1, -0.05) is 70.5 Å². The SMILES string of the molecule is CC[C@H](C)[C@H](NC(=O)C[C@H](O)[C@H](CC(C)C)NC(=O)[C@H](Cc1cnc[nH]1)NC(=O)[C@H](Cc1ccccc1)N(C)C(=O)OC(C)(C)C)C(=O)NCc1ccccn1. The molecule has 0 aliphatic heterocycles. The first-order chi connectivity index (χ1) is 26.5. The van der Waals surface area contributed by atoms with E-state index in [0.717, 1.165) is 5.56 Å². The van der Waals surface area contributed by atoms with E-state index in [1.807, 2.05) is 64.1 Å². The van der Waals surface area contributed by atoms with E-state index < -0.39 is 66.1 Å². The third-order valence-electron chi connectivity index (χ3n) is 9.23. The molecule has 1 aromatic carbocycles. The number of hydrogen-bond acceptors (Lipinski definition) is 9. The minimum atomic E-state index is -1.33. The van der Waals surface area contributed by atoms with Crippen LogP contribution in [0.15, 0.2) is 67.3 Å². The number of ether oxygens (including phenoxy) is 1. The maximum absolute atomic E-state index is 14.1. The van der Waals surface area contributed by atoms with Crippen LogP contribution in [0.3, 0.4) is 0 Å². The standard InChI is InChI=1S/C41H60N8O7/c1-9-27(4)36(39(54)44-24-29-17-13-14-18-43-29)48-35(51)22-34(50)31(19-26(2)3)46-37(52)32(21-30-23-42-25-45-30)47-38(53)33(20-28-15-11-10-12-16-28)49(8)40(55)56-41(5,6)7/h10-18,23,25-27,31-34,36,50H,9,19-22,24H2,1-8H3,(H,42,45)(H,44,54)(H,46,52)(H,47,53)(H,48,51)/t27-,31-,32-,33-,34-,36-/m0/s1. The van der Waals surface area contributed by atoms with E-state index in [1.54, 1.807) is 39.1 Å². The van der Waals surface area contributed by atoms with Crippen LogP contribution in [0.25, 0.3) is 0 Å². The normalized spacial score (nSPS) is 14.7. The van der Waals surface area contributed by atoms with Gasteiger partial charge < -0.3 is 36.1 Å². The van der Waals surface area contributed by atoms with Crippen LogP contribution in [0.5, 0.6) is 0 Å². The van der Waals surface area contributed by atoms with E-state index in [2.05, 4.69) is 36.2 Å². The molecule has 2 heterocycles. The van der Waals surface area contributed by atoms with Crippen molar-refractivity contribution in [3.05, 3.63) is 84.2 Å². The molecule has 0 aliphatic rings. The molecule has 0 spiro atoms. The number of nitrogens with one attached hydrogen (secondary N) is 5. The predicted octanol–water partition coefficient (Wildman–Crippen LogP) is 3.44. The van der Waals surface area contributed by atoms with Crippen LogP contribution in [-0.2, 0) is 43.3 Å². The maximum atomic E-state index is 14.1. The lowest BCUT2D eigenvalue weighted by Gasteiger charge is -2.32. The van der Waals surface area contributed by atoms with Crippen molar-refractivity contribution in [2.24, 2.45) is 11.8 Å². The molecule has 3 rings (SSSR count). The number of amides is 5. The predicted molar refractivity (Wildman–Crippen MR) is 212 cm³/mol. The zero-order chi connectivity index (χ0) is 41.4. The number of H-pyrrole nitrogens is 1. The van der Waals surface area contributed by atoms with Crippen molar-refractivity contribution in [2.45, 2.75) is 123 Å². The second-order valence-electron chi connectivity index (χ2n) is 15.6. The Labute approximate surface area is 330 Å². The number of imidazole rings is 1. The lowest BCUT2D eigenvalue weighted by Crippen LogP contribution is -2.58. The summed E-state index contributed by atoms with van der Waals surface area (Å²) in [4.78, 5) is 80.4. The lowest BCUT2D eigenvalue weighted by atomic mass is 9.95. The molecule has 6 N–H and O–H groups in total. The van der Waals surface area contributed by atoms with Gasteiger partial charge in [0.15, 0.2) is 0 Å². The Morgan fingerprint density at radius 1 is 0.911 bits per heavy atom. The van der Waals surface area contributed by atoms with Crippen LogP contribution in [0, 0.1) is 11.8 Å². The Morgan fingerprint density at radius 2 is 1.61 bits per heavy atom. The molecule has 15 heteroatoms. The van der Waals surface area contributed by atoms with Crippen LogP contribution >= 0.6 is 0 Å². The fraction of sp³-hybridized carbons (Fsp3) is 0.537. The highest BCUT2D eigenvalue weighted by Crippen LogP contribution is 2.17. The molecule has 0 saturated carbocycles. The number of aliphatic hydroxyl groups excluding tert-OH is 1. The highest BCUT2D eigenvalue weighted by atomic mass is 16.6. The molecule has 0 aliphatic carbocycles. The average molecular weight is 777 g/mol. The van der Waals surface area contributed by atoms with Gasteiger partial charge in [-0.3, -0.25) is 29.1 Å². The third kappa shape index (κ3) is 15.1. The molecular weight excluding hydrogens is 716 g/mol. The number of aliphatic hydroxyl groups is 1. The fourth-order valence-corrected chi connectivity index (χ4v) is 5.96. The first-order valence-corrected chi connectivity index (χ1v) is 19.2. The Hall–Kier alpha value is -5.31. The summed E-state index contributed by atoms with van der Waals surface area (Å²) in [5, 5.41) is 22.8. The number of carbonyl (C=O) groups is 5. The highest BCUT2D eigenvalue weighted by molar-refractivity contribution is 5.92. The molecule has 3 aromatic rings. The monoisotopic (exact) mass is 776 g/mol. The van der Waals surface area contributed by atoms with Gasteiger partial charge in [0.2, 0.25) is 23.6 Å². The van der Waals surface area contributed by atoms with Crippen molar-refractivity contribution >= 4 is 29.7 Å². The molecule has 0 fully saturated rings. The number of aromatic nitrogens is 3.